The van der Waals surface area contributed by atoms with Crippen molar-refractivity contribution in [3.05, 3.63) is 52.6 Å². The third kappa shape index (κ3) is 4.30. The van der Waals surface area contributed by atoms with Crippen molar-refractivity contribution in [2.45, 2.75) is 33.8 Å². The molecule has 0 aliphatic carbocycles. The minimum absolute atomic E-state index is 0.249. The maximum atomic E-state index is 12.5. The van der Waals surface area contributed by atoms with Gasteiger partial charge in [-0.3, -0.25) is 4.79 Å². The highest BCUT2D eigenvalue weighted by Crippen LogP contribution is 2.29. The van der Waals surface area contributed by atoms with E-state index in [1.807, 2.05) is 39.0 Å². The molecule has 0 radical (unpaired) electrons. The molecule has 0 fully saturated rings. The van der Waals surface area contributed by atoms with Crippen molar-refractivity contribution in [2.24, 2.45) is 0 Å². The lowest BCUT2D eigenvalue weighted by molar-refractivity contribution is -0.122. The van der Waals surface area contributed by atoms with E-state index in [4.69, 9.17) is 14.7 Å². The molecular weight excluding hydrogens is 316 g/mol. The summed E-state index contributed by atoms with van der Waals surface area (Å²) in [5.74, 6) is 0.587. The smallest absolute Gasteiger partial charge is 0.265 e. The van der Waals surface area contributed by atoms with Crippen LogP contribution in [-0.4, -0.2) is 19.1 Å². The van der Waals surface area contributed by atoms with Gasteiger partial charge < -0.3 is 14.8 Å². The number of ether oxygens (including phenoxy) is 2. The predicted molar refractivity (Wildman–Crippen MR) is 97.1 cm³/mol. The third-order valence-electron chi connectivity index (χ3n) is 3.89. The summed E-state index contributed by atoms with van der Waals surface area (Å²) < 4.78 is 11.0. The van der Waals surface area contributed by atoms with Crippen LogP contribution in [0.3, 0.4) is 0 Å². The Morgan fingerprint density at radius 3 is 2.32 bits per heavy atom. The van der Waals surface area contributed by atoms with Gasteiger partial charge in [0.2, 0.25) is 0 Å². The van der Waals surface area contributed by atoms with E-state index in [0.29, 0.717) is 17.1 Å². The van der Waals surface area contributed by atoms with Gasteiger partial charge in [-0.15, -0.1) is 0 Å². The standard InChI is InChI=1S/C20H22N2O3/c1-12-8-13(2)19(14(3)9-12)22-20(23)15(4)25-17-7-6-16(11-21)10-18(17)24-5/h6-10,15H,1-5H3,(H,22,23)/t15-/m0/s1. The number of anilines is 1. The van der Waals surface area contributed by atoms with E-state index in [9.17, 15) is 4.79 Å². The van der Waals surface area contributed by atoms with Crippen LogP contribution in [0.15, 0.2) is 30.3 Å². The fourth-order valence-electron chi connectivity index (χ4n) is 2.68. The number of benzene rings is 2. The van der Waals surface area contributed by atoms with Crippen LogP contribution in [0.25, 0.3) is 0 Å². The summed E-state index contributed by atoms with van der Waals surface area (Å²) in [4.78, 5) is 12.5. The number of nitrogens with one attached hydrogen (secondary N) is 1. The fraction of sp³-hybridized carbons (Fsp3) is 0.300. The van der Waals surface area contributed by atoms with Gasteiger partial charge in [-0.05, 0) is 51.0 Å². The van der Waals surface area contributed by atoms with E-state index < -0.39 is 6.10 Å². The summed E-state index contributed by atoms with van der Waals surface area (Å²) in [5, 5.41) is 11.9. The van der Waals surface area contributed by atoms with Crippen molar-refractivity contribution < 1.29 is 14.3 Å². The molecule has 0 saturated heterocycles. The van der Waals surface area contributed by atoms with E-state index in [2.05, 4.69) is 5.32 Å². The van der Waals surface area contributed by atoms with Gasteiger partial charge in [0.05, 0.1) is 18.7 Å². The minimum Gasteiger partial charge on any atom is -0.493 e. The lowest BCUT2D eigenvalue weighted by atomic mass is 10.0. The molecule has 0 aromatic heterocycles. The Bertz CT molecular complexity index is 814. The number of nitriles is 1. The first-order valence-corrected chi connectivity index (χ1v) is 7.99. The van der Waals surface area contributed by atoms with E-state index in [-0.39, 0.29) is 5.91 Å². The molecule has 2 aromatic rings. The highest BCUT2D eigenvalue weighted by Gasteiger charge is 2.19. The van der Waals surface area contributed by atoms with Crippen LogP contribution < -0.4 is 14.8 Å². The predicted octanol–water partition coefficient (Wildman–Crippen LogP) is 3.90. The average Bonchev–Trinajstić information content (AvgIpc) is 2.58. The summed E-state index contributed by atoms with van der Waals surface area (Å²) in [5.41, 5.74) is 4.44. The minimum atomic E-state index is -0.720. The molecule has 2 aromatic carbocycles. The molecule has 5 nitrogen and oxygen atoms in total. The first kappa shape index (κ1) is 18.3. The van der Waals surface area contributed by atoms with Gasteiger partial charge in [-0.25, -0.2) is 0 Å². The molecule has 0 heterocycles. The molecule has 0 saturated carbocycles. The van der Waals surface area contributed by atoms with Gasteiger partial charge in [0, 0.05) is 11.8 Å². The molecule has 0 aliphatic heterocycles. The normalized spacial score (nSPS) is 11.4. The monoisotopic (exact) mass is 338 g/mol. The Hall–Kier alpha value is -3.00. The van der Waals surface area contributed by atoms with Crippen molar-refractivity contribution in [2.75, 3.05) is 12.4 Å². The zero-order valence-electron chi connectivity index (χ0n) is 15.1. The second-order valence-electron chi connectivity index (χ2n) is 6.00. The van der Waals surface area contributed by atoms with Crippen molar-refractivity contribution in [1.29, 1.82) is 5.26 Å². The molecule has 5 heteroatoms. The Kier molecular flexibility index (Phi) is 5.66. The number of methoxy groups -OCH3 is 1. The van der Waals surface area contributed by atoms with Crippen LogP contribution in [0.4, 0.5) is 5.69 Å². The van der Waals surface area contributed by atoms with Gasteiger partial charge in [-0.1, -0.05) is 17.7 Å². The Morgan fingerprint density at radius 2 is 1.76 bits per heavy atom. The quantitative estimate of drug-likeness (QED) is 0.897. The number of hydrogen-bond acceptors (Lipinski definition) is 4. The maximum absolute atomic E-state index is 12.5. The van der Waals surface area contributed by atoms with Crippen molar-refractivity contribution in [3.8, 4) is 17.6 Å². The molecule has 2 rings (SSSR count). The van der Waals surface area contributed by atoms with Gasteiger partial charge in [0.25, 0.3) is 5.91 Å². The number of nitrogens with zero attached hydrogens (tertiary/aromatic N) is 1. The van der Waals surface area contributed by atoms with E-state index in [0.717, 1.165) is 22.4 Å². The molecule has 130 valence electrons. The Morgan fingerprint density at radius 1 is 1.12 bits per heavy atom. The highest BCUT2D eigenvalue weighted by molar-refractivity contribution is 5.95. The van der Waals surface area contributed by atoms with E-state index in [1.54, 1.807) is 25.1 Å². The number of rotatable bonds is 5. The Balaban J connectivity index is 2.15. The van der Waals surface area contributed by atoms with Gasteiger partial charge >= 0.3 is 0 Å². The first-order valence-electron chi connectivity index (χ1n) is 7.99. The third-order valence-corrected chi connectivity index (χ3v) is 3.89. The summed E-state index contributed by atoms with van der Waals surface area (Å²) in [7, 11) is 1.49. The maximum Gasteiger partial charge on any atom is 0.265 e. The van der Waals surface area contributed by atoms with Crippen molar-refractivity contribution >= 4 is 11.6 Å². The SMILES string of the molecule is COc1cc(C#N)ccc1O[C@@H](C)C(=O)Nc1c(C)cc(C)cc1C. The molecule has 1 atom stereocenters. The average molecular weight is 338 g/mol. The van der Waals surface area contributed by atoms with Crippen LogP contribution in [0.1, 0.15) is 29.2 Å². The van der Waals surface area contributed by atoms with Crippen LogP contribution in [-0.2, 0) is 4.79 Å². The van der Waals surface area contributed by atoms with Crippen molar-refractivity contribution in [1.82, 2.24) is 0 Å². The first-order chi connectivity index (χ1) is 11.8. The lowest BCUT2D eigenvalue weighted by Crippen LogP contribution is -2.30. The zero-order valence-corrected chi connectivity index (χ0v) is 15.1. The number of amides is 1. The molecule has 0 bridgehead atoms. The summed E-state index contributed by atoms with van der Waals surface area (Å²) in [6.45, 7) is 7.62. The molecule has 0 aliphatic rings. The van der Waals surface area contributed by atoms with Gasteiger partial charge in [-0.2, -0.15) is 5.26 Å². The molecule has 1 amide bonds. The number of aryl methyl sites for hydroxylation is 3. The number of hydrogen-bond donors (Lipinski definition) is 1. The summed E-state index contributed by atoms with van der Waals surface area (Å²) in [6.07, 6.45) is -0.720. The lowest BCUT2D eigenvalue weighted by Gasteiger charge is -2.19. The second-order valence-corrected chi connectivity index (χ2v) is 6.00. The molecular formula is C20H22N2O3. The van der Waals surface area contributed by atoms with Crippen LogP contribution in [0.5, 0.6) is 11.5 Å². The summed E-state index contributed by atoms with van der Waals surface area (Å²) >= 11 is 0. The largest absolute Gasteiger partial charge is 0.493 e. The molecule has 1 N–H and O–H groups in total. The van der Waals surface area contributed by atoms with Crippen LogP contribution in [0.2, 0.25) is 0 Å². The molecule has 25 heavy (non-hydrogen) atoms. The van der Waals surface area contributed by atoms with Gasteiger partial charge in [0.1, 0.15) is 0 Å². The number of carbonyl (C=O) groups excluding carboxylic acids is 1. The van der Waals surface area contributed by atoms with Gasteiger partial charge in [0.15, 0.2) is 17.6 Å². The number of carbonyl (C=O) groups is 1. The second kappa shape index (κ2) is 7.71. The van der Waals surface area contributed by atoms with E-state index >= 15 is 0 Å². The van der Waals surface area contributed by atoms with Crippen LogP contribution in [0, 0.1) is 32.1 Å². The highest BCUT2D eigenvalue weighted by atomic mass is 16.5. The fourth-order valence-corrected chi connectivity index (χ4v) is 2.68. The zero-order chi connectivity index (χ0) is 18.6. The molecule has 0 unspecified atom stereocenters. The topological polar surface area (TPSA) is 71.3 Å². The van der Waals surface area contributed by atoms with Crippen LogP contribution >= 0.6 is 0 Å². The summed E-state index contributed by atoms with van der Waals surface area (Å²) in [6, 6.07) is 10.9. The van der Waals surface area contributed by atoms with E-state index in [1.165, 1.54) is 7.11 Å². The Labute approximate surface area is 148 Å². The van der Waals surface area contributed by atoms with Crippen molar-refractivity contribution in [3.63, 3.8) is 0 Å². The molecule has 0 spiro atoms.